The number of nitrogens with one attached hydrogen (secondary N) is 1. The van der Waals surface area contributed by atoms with Crippen LogP contribution in [-0.4, -0.2) is 18.0 Å². The van der Waals surface area contributed by atoms with Crippen LogP contribution >= 0.6 is 0 Å². The van der Waals surface area contributed by atoms with E-state index in [0.717, 1.165) is 23.4 Å². The molecule has 0 saturated heterocycles. The molecule has 126 valence electrons. The highest BCUT2D eigenvalue weighted by atomic mass is 16.5. The molecule has 0 aliphatic carbocycles. The molecule has 0 aliphatic rings. The SMILES string of the molecule is COc1ccc(CC(=O)Nc2ccc(Cc3ccncc3)cc2)cc1. The smallest absolute Gasteiger partial charge is 0.228 e. The molecule has 3 aromatic rings. The number of methoxy groups -OCH3 is 1. The summed E-state index contributed by atoms with van der Waals surface area (Å²) in [4.78, 5) is 16.2. The monoisotopic (exact) mass is 332 g/mol. The fraction of sp³-hybridized carbons (Fsp3) is 0.143. The summed E-state index contributed by atoms with van der Waals surface area (Å²) in [6.45, 7) is 0. The number of nitrogens with zero attached hydrogens (tertiary/aromatic N) is 1. The molecule has 0 saturated carbocycles. The van der Waals surface area contributed by atoms with Gasteiger partial charge in [0.2, 0.25) is 5.91 Å². The molecule has 1 aromatic heterocycles. The molecule has 0 radical (unpaired) electrons. The van der Waals surface area contributed by atoms with Crippen molar-refractivity contribution in [2.45, 2.75) is 12.8 Å². The number of anilines is 1. The number of hydrogen-bond donors (Lipinski definition) is 1. The van der Waals surface area contributed by atoms with E-state index in [4.69, 9.17) is 4.74 Å². The second-order valence-electron chi connectivity index (χ2n) is 5.80. The summed E-state index contributed by atoms with van der Waals surface area (Å²) in [6.07, 6.45) is 4.78. The molecule has 0 aliphatic heterocycles. The lowest BCUT2D eigenvalue weighted by atomic mass is 10.1. The highest BCUT2D eigenvalue weighted by molar-refractivity contribution is 5.92. The van der Waals surface area contributed by atoms with Gasteiger partial charge in [-0.25, -0.2) is 0 Å². The largest absolute Gasteiger partial charge is 0.497 e. The van der Waals surface area contributed by atoms with Gasteiger partial charge in [0.25, 0.3) is 0 Å². The molecule has 0 spiro atoms. The van der Waals surface area contributed by atoms with Gasteiger partial charge in [-0.15, -0.1) is 0 Å². The summed E-state index contributed by atoms with van der Waals surface area (Å²) >= 11 is 0. The molecule has 2 aromatic carbocycles. The van der Waals surface area contributed by atoms with Crippen molar-refractivity contribution in [2.24, 2.45) is 0 Å². The molecule has 1 amide bonds. The first kappa shape index (κ1) is 16.7. The number of amides is 1. The first-order valence-corrected chi connectivity index (χ1v) is 8.13. The minimum absolute atomic E-state index is 0.0351. The zero-order chi connectivity index (χ0) is 17.5. The van der Waals surface area contributed by atoms with Gasteiger partial charge in [0.05, 0.1) is 13.5 Å². The summed E-state index contributed by atoms with van der Waals surface area (Å²) < 4.78 is 5.12. The van der Waals surface area contributed by atoms with Crippen molar-refractivity contribution in [3.8, 4) is 5.75 Å². The van der Waals surface area contributed by atoms with Crippen LogP contribution in [0.4, 0.5) is 5.69 Å². The average Bonchev–Trinajstić information content (AvgIpc) is 2.65. The standard InChI is InChI=1S/C21H20N2O2/c1-25-20-8-4-17(5-9-20)15-21(24)23-19-6-2-16(3-7-19)14-18-10-12-22-13-11-18/h2-13H,14-15H2,1H3,(H,23,24). The Kier molecular flexibility index (Phi) is 5.42. The molecule has 1 N–H and O–H groups in total. The summed E-state index contributed by atoms with van der Waals surface area (Å²) in [7, 11) is 1.63. The fourth-order valence-corrected chi connectivity index (χ4v) is 2.58. The zero-order valence-corrected chi connectivity index (χ0v) is 14.1. The quantitative estimate of drug-likeness (QED) is 0.746. The highest BCUT2D eigenvalue weighted by Crippen LogP contribution is 2.15. The summed E-state index contributed by atoms with van der Waals surface area (Å²) in [5.41, 5.74) is 4.16. The van der Waals surface area contributed by atoms with Gasteiger partial charge in [0, 0.05) is 18.1 Å². The highest BCUT2D eigenvalue weighted by Gasteiger charge is 2.05. The van der Waals surface area contributed by atoms with Crippen molar-refractivity contribution in [2.75, 3.05) is 12.4 Å². The van der Waals surface area contributed by atoms with E-state index in [1.54, 1.807) is 19.5 Å². The number of benzene rings is 2. The van der Waals surface area contributed by atoms with Gasteiger partial charge in [-0.3, -0.25) is 9.78 Å². The van der Waals surface area contributed by atoms with E-state index < -0.39 is 0 Å². The van der Waals surface area contributed by atoms with Crippen molar-refractivity contribution in [3.63, 3.8) is 0 Å². The third-order valence-corrected chi connectivity index (χ3v) is 3.92. The van der Waals surface area contributed by atoms with Gasteiger partial charge in [-0.05, 0) is 59.5 Å². The Hall–Kier alpha value is -3.14. The van der Waals surface area contributed by atoms with Crippen LogP contribution in [0, 0.1) is 0 Å². The van der Waals surface area contributed by atoms with E-state index in [0.29, 0.717) is 6.42 Å². The van der Waals surface area contributed by atoms with Crippen LogP contribution in [0.25, 0.3) is 0 Å². The normalized spacial score (nSPS) is 10.3. The number of carbonyl (C=O) groups excluding carboxylic acids is 1. The molecule has 4 heteroatoms. The van der Waals surface area contributed by atoms with Crippen molar-refractivity contribution in [3.05, 3.63) is 89.7 Å². The molecule has 0 atom stereocenters. The Morgan fingerprint density at radius 3 is 2.12 bits per heavy atom. The van der Waals surface area contributed by atoms with Crippen LogP contribution in [0.15, 0.2) is 73.1 Å². The van der Waals surface area contributed by atoms with E-state index in [9.17, 15) is 4.79 Å². The molecule has 4 nitrogen and oxygen atoms in total. The van der Waals surface area contributed by atoms with Crippen molar-refractivity contribution >= 4 is 11.6 Å². The van der Waals surface area contributed by atoms with Crippen molar-refractivity contribution in [1.82, 2.24) is 4.98 Å². The van der Waals surface area contributed by atoms with Gasteiger partial charge in [-0.2, -0.15) is 0 Å². The van der Waals surface area contributed by atoms with Crippen LogP contribution in [0.5, 0.6) is 5.75 Å². The van der Waals surface area contributed by atoms with Crippen LogP contribution < -0.4 is 10.1 Å². The topological polar surface area (TPSA) is 51.2 Å². The van der Waals surface area contributed by atoms with E-state index >= 15 is 0 Å². The predicted octanol–water partition coefficient (Wildman–Crippen LogP) is 3.86. The van der Waals surface area contributed by atoms with Crippen molar-refractivity contribution in [1.29, 1.82) is 0 Å². The molecule has 1 heterocycles. The van der Waals surface area contributed by atoms with Gasteiger partial charge in [0.1, 0.15) is 5.75 Å². The molecule has 25 heavy (non-hydrogen) atoms. The molecule has 0 bridgehead atoms. The minimum atomic E-state index is -0.0351. The molecule has 3 rings (SSSR count). The lowest BCUT2D eigenvalue weighted by Gasteiger charge is -2.07. The Morgan fingerprint density at radius 2 is 1.48 bits per heavy atom. The molecule has 0 unspecified atom stereocenters. The van der Waals surface area contributed by atoms with E-state index in [2.05, 4.69) is 10.3 Å². The molecular weight excluding hydrogens is 312 g/mol. The number of rotatable bonds is 6. The Morgan fingerprint density at radius 1 is 0.880 bits per heavy atom. The predicted molar refractivity (Wildman–Crippen MR) is 98.8 cm³/mol. The van der Waals surface area contributed by atoms with Gasteiger partial charge in [0.15, 0.2) is 0 Å². The van der Waals surface area contributed by atoms with Crippen LogP contribution in [0.1, 0.15) is 16.7 Å². The van der Waals surface area contributed by atoms with Crippen LogP contribution in [0.2, 0.25) is 0 Å². The number of pyridine rings is 1. The second-order valence-corrected chi connectivity index (χ2v) is 5.80. The second kappa shape index (κ2) is 8.11. The lowest BCUT2D eigenvalue weighted by Crippen LogP contribution is -2.14. The van der Waals surface area contributed by atoms with E-state index in [1.165, 1.54) is 11.1 Å². The molecule has 0 fully saturated rings. The lowest BCUT2D eigenvalue weighted by molar-refractivity contribution is -0.115. The summed E-state index contributed by atoms with van der Waals surface area (Å²) in [6, 6.07) is 19.5. The third-order valence-electron chi connectivity index (χ3n) is 3.92. The van der Waals surface area contributed by atoms with Gasteiger partial charge >= 0.3 is 0 Å². The maximum Gasteiger partial charge on any atom is 0.228 e. The van der Waals surface area contributed by atoms with Gasteiger partial charge in [-0.1, -0.05) is 24.3 Å². The fourth-order valence-electron chi connectivity index (χ4n) is 2.58. The van der Waals surface area contributed by atoms with Gasteiger partial charge < -0.3 is 10.1 Å². The van der Waals surface area contributed by atoms with Crippen LogP contribution in [0.3, 0.4) is 0 Å². The first-order chi connectivity index (χ1) is 12.2. The van der Waals surface area contributed by atoms with Crippen LogP contribution in [-0.2, 0) is 17.6 Å². The minimum Gasteiger partial charge on any atom is -0.497 e. The Labute approximate surface area is 147 Å². The number of aromatic nitrogens is 1. The van der Waals surface area contributed by atoms with Crippen molar-refractivity contribution < 1.29 is 9.53 Å². The Balaban J connectivity index is 1.56. The van der Waals surface area contributed by atoms with E-state index in [-0.39, 0.29) is 5.91 Å². The number of carbonyl (C=O) groups is 1. The summed E-state index contributed by atoms with van der Waals surface area (Å²) in [5.74, 6) is 0.751. The average molecular weight is 332 g/mol. The maximum atomic E-state index is 12.2. The zero-order valence-electron chi connectivity index (χ0n) is 14.1. The summed E-state index contributed by atoms with van der Waals surface area (Å²) in [5, 5.41) is 2.93. The number of hydrogen-bond acceptors (Lipinski definition) is 3. The number of ether oxygens (including phenoxy) is 1. The van der Waals surface area contributed by atoms with E-state index in [1.807, 2.05) is 60.7 Å². The molecular formula is C21H20N2O2. The maximum absolute atomic E-state index is 12.2. The Bertz CT molecular complexity index is 813. The third kappa shape index (κ3) is 4.91. The first-order valence-electron chi connectivity index (χ1n) is 8.13.